The molecule has 15 nitrogen and oxygen atoms in total. The van der Waals surface area contributed by atoms with Gasteiger partial charge in [0, 0.05) is 51.5 Å². The van der Waals surface area contributed by atoms with Crippen LogP contribution in [0.1, 0.15) is 58.1 Å². The van der Waals surface area contributed by atoms with E-state index in [0.717, 1.165) is 23.7 Å². The molecule has 390 valence electrons. The van der Waals surface area contributed by atoms with E-state index in [0.29, 0.717) is 52.2 Å². The van der Waals surface area contributed by atoms with Crippen LogP contribution in [0.25, 0.3) is 0 Å². The average molecular weight is 1080 g/mol. The number of thioether (sulfide) groups is 1. The van der Waals surface area contributed by atoms with Crippen molar-refractivity contribution in [2.75, 3.05) is 37.5 Å². The maximum atomic E-state index is 13.2. The molecule has 0 saturated carbocycles. The van der Waals surface area contributed by atoms with Crippen LogP contribution in [0.15, 0.2) is 256 Å². The van der Waals surface area contributed by atoms with Gasteiger partial charge in [-0.1, -0.05) is 161 Å². The summed E-state index contributed by atoms with van der Waals surface area (Å²) in [4.78, 5) is 64.1. The summed E-state index contributed by atoms with van der Waals surface area (Å²) in [6, 6.07) is 67.5. The zero-order chi connectivity index (χ0) is 55.0. The van der Waals surface area contributed by atoms with Crippen LogP contribution in [-0.4, -0.2) is 81.6 Å². The van der Waals surface area contributed by atoms with Gasteiger partial charge in [0.05, 0.1) is 24.3 Å². The van der Waals surface area contributed by atoms with Crippen LogP contribution in [0.4, 0.5) is 5.69 Å². The number of morpholine rings is 1. The van der Waals surface area contributed by atoms with Crippen LogP contribution in [0, 0.1) is 11.3 Å². The lowest BCUT2D eigenvalue weighted by atomic mass is 10.0. The van der Waals surface area contributed by atoms with Crippen molar-refractivity contribution in [3.63, 3.8) is 0 Å². The Balaban J connectivity index is 0.000000174. The molecular weight excluding hydrogens is 1030 g/mol. The summed E-state index contributed by atoms with van der Waals surface area (Å²) in [5.41, 5.74) is 4.40. The Hall–Kier alpha value is -9.60. The Morgan fingerprint density at radius 1 is 0.487 bits per heavy atom. The van der Waals surface area contributed by atoms with E-state index in [2.05, 4.69) is 24.7 Å². The lowest BCUT2D eigenvalue weighted by molar-refractivity contribution is 0.0506. The zero-order valence-corrected chi connectivity index (χ0v) is 43.5. The lowest BCUT2D eigenvalue weighted by Crippen LogP contribution is -2.36. The Labute approximate surface area is 455 Å². The Morgan fingerprint density at radius 2 is 0.859 bits per heavy atom. The third-order valence-corrected chi connectivity index (χ3v) is 13.1. The van der Waals surface area contributed by atoms with Crippen molar-refractivity contribution in [1.82, 2.24) is 0 Å². The number of oxime groups is 3. The number of ether oxygens (including phenoxy) is 1. The minimum atomic E-state index is -4.01. The second-order valence-electron chi connectivity index (χ2n) is 16.4. The summed E-state index contributed by atoms with van der Waals surface area (Å²) in [6.07, 6.45) is 1.97. The van der Waals surface area contributed by atoms with Gasteiger partial charge in [0.25, 0.3) is 0 Å². The molecule has 78 heavy (non-hydrogen) atoms. The highest BCUT2D eigenvalue weighted by atomic mass is 32.2. The van der Waals surface area contributed by atoms with Crippen LogP contribution < -0.4 is 4.90 Å². The SMILES string of the molecule is CSc1ccc(C(=O)/C(=N/OC(=O)c2ccccc2)c2ccccc2)cc1.N#C/C(=N\OS(=O)(=O)c1ccccc1)c1ccccc1.O=C(O/N=C(/C(=O)c1ccc(N2CCOCC2)cc1)c1ccccc1)c1ccccc1. The van der Waals surface area contributed by atoms with E-state index < -0.39 is 22.1 Å². The molecule has 0 spiro atoms. The topological polar surface area (TPSA) is 203 Å². The summed E-state index contributed by atoms with van der Waals surface area (Å²) in [5, 5.41) is 20.3. The minimum absolute atomic E-state index is 0.0194. The molecule has 0 atom stereocenters. The van der Waals surface area contributed by atoms with Gasteiger partial charge < -0.3 is 19.3 Å². The second-order valence-corrected chi connectivity index (χ2v) is 18.8. The number of rotatable bonds is 16. The fraction of sp³-hybridized carbons (Fsp3) is 0.0820. The standard InChI is InChI=1S/C25H22N2O4.C22H17NO3S.C14H10N2O3S/c28-24(20-11-13-22(14-12-20)27-15-17-30-18-16-27)23(19-7-3-1-4-8-19)26-31-25(29)21-9-5-2-6-10-21;1-27-19-14-12-17(13-15-19)21(24)20(16-8-4-2-5-9-16)23-26-22(25)18-10-6-3-7-11-18;15-11-14(12-7-3-1-4-8-12)16-19-20(17,18)13-9-5-2-6-10-13/h1-14H,15-18H2;2-15H,1H3;1-10H/b26-23+;23-20+;16-14+. The maximum absolute atomic E-state index is 13.2. The number of hydrogen-bond donors (Lipinski definition) is 0. The molecule has 0 radical (unpaired) electrons. The predicted octanol–water partition coefficient (Wildman–Crippen LogP) is 11.1. The van der Waals surface area contributed by atoms with Crippen LogP contribution in [-0.2, 0) is 28.8 Å². The Bertz CT molecular complexity index is 3510. The van der Waals surface area contributed by atoms with Crippen molar-refractivity contribution >= 4 is 68.2 Å². The van der Waals surface area contributed by atoms with E-state index in [1.807, 2.05) is 42.7 Å². The fourth-order valence-corrected chi connectivity index (χ4v) is 8.34. The summed E-state index contributed by atoms with van der Waals surface area (Å²) >= 11 is 1.59. The highest BCUT2D eigenvalue weighted by Crippen LogP contribution is 2.20. The van der Waals surface area contributed by atoms with Crippen molar-refractivity contribution in [3.8, 4) is 6.07 Å². The smallest absolute Gasteiger partial charge is 0.365 e. The molecule has 0 bridgehead atoms. The number of carbonyl (C=O) groups excluding carboxylic acids is 4. The summed E-state index contributed by atoms with van der Waals surface area (Å²) in [5.74, 6) is -1.87. The molecule has 1 saturated heterocycles. The molecule has 1 fully saturated rings. The number of ketones is 2. The van der Waals surface area contributed by atoms with Gasteiger partial charge in [0.2, 0.25) is 11.6 Å². The van der Waals surface area contributed by atoms with Gasteiger partial charge in [-0.3, -0.25) is 13.9 Å². The van der Waals surface area contributed by atoms with Crippen LogP contribution >= 0.6 is 11.8 Å². The molecule has 0 aliphatic carbocycles. The first-order valence-electron chi connectivity index (χ1n) is 24.0. The largest absolute Gasteiger partial charge is 0.378 e. The molecule has 0 amide bonds. The summed E-state index contributed by atoms with van der Waals surface area (Å²) in [7, 11) is -4.01. The Kier molecular flexibility index (Phi) is 20.8. The summed E-state index contributed by atoms with van der Waals surface area (Å²) in [6.45, 7) is 3.02. The number of nitrogens with zero attached hydrogens (tertiary/aromatic N) is 5. The quantitative estimate of drug-likeness (QED) is 0.0291. The van der Waals surface area contributed by atoms with Gasteiger partial charge in [-0.25, -0.2) is 9.59 Å². The van der Waals surface area contributed by atoms with Gasteiger partial charge >= 0.3 is 22.1 Å². The van der Waals surface area contributed by atoms with E-state index in [-0.39, 0.29) is 33.6 Å². The van der Waals surface area contributed by atoms with Crippen molar-refractivity contribution in [3.05, 3.63) is 269 Å². The van der Waals surface area contributed by atoms with E-state index in [1.54, 1.807) is 200 Å². The number of benzene rings is 8. The molecule has 1 aliphatic heterocycles. The fourth-order valence-electron chi connectivity index (χ4n) is 7.18. The van der Waals surface area contributed by atoms with E-state index in [1.165, 1.54) is 12.1 Å². The number of Topliss-reactive ketones (excluding diaryl/α,β-unsaturated/α-hetero) is 2. The van der Waals surface area contributed by atoms with Gasteiger partial charge in [0.1, 0.15) is 11.0 Å². The van der Waals surface area contributed by atoms with Crippen molar-refractivity contribution in [1.29, 1.82) is 5.26 Å². The zero-order valence-electron chi connectivity index (χ0n) is 41.9. The van der Waals surface area contributed by atoms with Gasteiger partial charge in [-0.2, -0.15) is 13.7 Å². The maximum Gasteiger partial charge on any atom is 0.365 e. The number of hydrogen-bond acceptors (Lipinski definition) is 16. The third-order valence-electron chi connectivity index (χ3n) is 11.3. The second kappa shape index (κ2) is 28.9. The van der Waals surface area contributed by atoms with Crippen LogP contribution in [0.3, 0.4) is 0 Å². The highest BCUT2D eigenvalue weighted by molar-refractivity contribution is 7.98. The first-order chi connectivity index (χ1) is 38.0. The van der Waals surface area contributed by atoms with Crippen molar-refractivity contribution < 1.29 is 46.3 Å². The molecule has 9 rings (SSSR count). The third kappa shape index (κ3) is 16.2. The monoisotopic (exact) mass is 1080 g/mol. The molecular formula is C61H49N5O10S2. The number of anilines is 1. The average Bonchev–Trinajstić information content (AvgIpc) is 3.52. The van der Waals surface area contributed by atoms with Crippen LogP contribution in [0.2, 0.25) is 0 Å². The van der Waals surface area contributed by atoms with E-state index in [9.17, 15) is 27.6 Å². The van der Waals surface area contributed by atoms with Crippen LogP contribution in [0.5, 0.6) is 0 Å². The Morgan fingerprint density at radius 3 is 1.26 bits per heavy atom. The molecule has 0 aromatic heterocycles. The predicted molar refractivity (Wildman–Crippen MR) is 299 cm³/mol. The number of nitriles is 1. The minimum Gasteiger partial charge on any atom is -0.378 e. The normalized spacial score (nSPS) is 12.5. The lowest BCUT2D eigenvalue weighted by Gasteiger charge is -2.28. The van der Waals surface area contributed by atoms with Gasteiger partial charge in [0.15, 0.2) is 17.1 Å². The van der Waals surface area contributed by atoms with E-state index in [4.69, 9.17) is 19.7 Å². The molecule has 1 aliphatic rings. The van der Waals surface area contributed by atoms with Gasteiger partial charge in [-0.15, -0.1) is 11.8 Å². The first-order valence-corrected chi connectivity index (χ1v) is 26.7. The molecule has 1 heterocycles. The molecule has 17 heteroatoms. The molecule has 8 aromatic rings. The van der Waals surface area contributed by atoms with Crippen molar-refractivity contribution in [2.45, 2.75) is 9.79 Å². The first kappa shape index (κ1) is 56.1. The highest BCUT2D eigenvalue weighted by Gasteiger charge is 2.22. The van der Waals surface area contributed by atoms with Crippen molar-refractivity contribution in [2.24, 2.45) is 15.5 Å². The van der Waals surface area contributed by atoms with E-state index >= 15 is 0 Å². The molecule has 0 unspecified atom stereocenters. The number of carbonyl (C=O) groups is 4. The van der Waals surface area contributed by atoms with Gasteiger partial charge in [-0.05, 0) is 91.2 Å². The molecule has 8 aromatic carbocycles. The molecule has 0 N–H and O–H groups in total. The summed E-state index contributed by atoms with van der Waals surface area (Å²) < 4.78 is 33.6.